The van der Waals surface area contributed by atoms with Crippen LogP contribution in [0, 0.1) is 28.6 Å². The molecule has 4 heteroatoms. The molecule has 3 rings (SSSR count). The third-order valence-corrected chi connectivity index (χ3v) is 7.30. The van der Waals surface area contributed by atoms with Crippen LogP contribution in [0.2, 0.25) is 0 Å². The fourth-order valence-electron chi connectivity index (χ4n) is 5.97. The van der Waals surface area contributed by atoms with Gasteiger partial charge in [-0.25, -0.2) is 0 Å². The molecular weight excluding hydrogens is 316 g/mol. The Morgan fingerprint density at radius 2 is 2.00 bits per heavy atom. The van der Waals surface area contributed by atoms with Crippen LogP contribution in [-0.4, -0.2) is 22.2 Å². The lowest BCUT2D eigenvalue weighted by Crippen LogP contribution is -2.55. The molecule has 1 fully saturated rings. The van der Waals surface area contributed by atoms with E-state index in [4.69, 9.17) is 0 Å². The van der Waals surface area contributed by atoms with Crippen LogP contribution < -0.4 is 0 Å². The molecule has 0 spiro atoms. The molecule has 0 aromatic carbocycles. The molecule has 0 aromatic heterocycles. The van der Waals surface area contributed by atoms with Gasteiger partial charge in [0.05, 0.1) is 11.8 Å². The zero-order valence-electron chi connectivity index (χ0n) is 15.5. The van der Waals surface area contributed by atoms with Gasteiger partial charge in [-0.15, -0.1) is 0 Å². The first-order valence-electron chi connectivity index (χ1n) is 9.56. The van der Waals surface area contributed by atoms with Crippen LogP contribution in [0.3, 0.4) is 0 Å². The first kappa shape index (κ1) is 18.2. The summed E-state index contributed by atoms with van der Waals surface area (Å²) >= 11 is 0. The highest BCUT2D eigenvalue weighted by Crippen LogP contribution is 2.63. The first-order chi connectivity index (χ1) is 11.7. The van der Waals surface area contributed by atoms with Crippen molar-refractivity contribution in [3.05, 3.63) is 23.3 Å². The van der Waals surface area contributed by atoms with Crippen LogP contribution >= 0.6 is 0 Å². The van der Waals surface area contributed by atoms with Gasteiger partial charge >= 0.3 is 11.9 Å². The van der Waals surface area contributed by atoms with Crippen molar-refractivity contribution >= 4 is 11.9 Å². The van der Waals surface area contributed by atoms with E-state index in [9.17, 15) is 19.8 Å². The van der Waals surface area contributed by atoms with Gasteiger partial charge in [0.15, 0.2) is 0 Å². The normalized spacial score (nSPS) is 37.6. The summed E-state index contributed by atoms with van der Waals surface area (Å²) in [7, 11) is 0. The minimum absolute atomic E-state index is 0.0925. The average Bonchev–Trinajstić information content (AvgIpc) is 2.53. The maximum absolute atomic E-state index is 12.2. The molecule has 0 saturated heterocycles. The standard InChI is InChI=1S/C21H30O4/c1-13(2)14-5-7-16-15(11-14)6-8-17-20(16,3)9-4-10-21(17,19(24)25)12-18(22)23/h6,11,13,16-17H,4-5,7-10,12H2,1-3H3,(H,22,23)(H,24,25)/t16-,17?,20-,21-/m1/s1. The second-order valence-corrected chi connectivity index (χ2v) is 8.85. The highest BCUT2D eigenvalue weighted by molar-refractivity contribution is 5.82. The zero-order chi connectivity index (χ0) is 18.4. The number of fused-ring (bicyclic) bond motifs is 3. The summed E-state index contributed by atoms with van der Waals surface area (Å²) in [5, 5.41) is 19.4. The van der Waals surface area contributed by atoms with Crippen LogP contribution in [0.5, 0.6) is 0 Å². The van der Waals surface area contributed by atoms with E-state index in [-0.39, 0.29) is 17.8 Å². The number of allylic oxidation sites excluding steroid dienone is 4. The highest BCUT2D eigenvalue weighted by Gasteiger charge is 2.60. The Bertz CT molecular complexity index is 644. The van der Waals surface area contributed by atoms with Gasteiger partial charge in [0.2, 0.25) is 0 Å². The van der Waals surface area contributed by atoms with Crippen LogP contribution in [0.25, 0.3) is 0 Å². The monoisotopic (exact) mass is 346 g/mol. The van der Waals surface area contributed by atoms with E-state index in [1.165, 1.54) is 11.1 Å². The number of aliphatic carboxylic acids is 2. The smallest absolute Gasteiger partial charge is 0.310 e. The highest BCUT2D eigenvalue weighted by atomic mass is 16.4. The van der Waals surface area contributed by atoms with Gasteiger partial charge in [-0.1, -0.05) is 44.9 Å². The van der Waals surface area contributed by atoms with Crippen molar-refractivity contribution in [3.63, 3.8) is 0 Å². The molecule has 138 valence electrons. The Balaban J connectivity index is 2.03. The zero-order valence-corrected chi connectivity index (χ0v) is 15.5. The summed E-state index contributed by atoms with van der Waals surface area (Å²) in [6.07, 6.45) is 9.40. The Kier molecular flexibility index (Phi) is 4.59. The summed E-state index contributed by atoms with van der Waals surface area (Å²) in [5.41, 5.74) is 1.61. The average molecular weight is 346 g/mol. The van der Waals surface area contributed by atoms with Crippen LogP contribution in [0.15, 0.2) is 23.3 Å². The van der Waals surface area contributed by atoms with Gasteiger partial charge in [-0.05, 0) is 60.8 Å². The lowest BCUT2D eigenvalue weighted by Gasteiger charge is -2.57. The molecule has 3 aliphatic rings. The number of carbonyl (C=O) groups is 2. The van der Waals surface area contributed by atoms with E-state index in [1.807, 2.05) is 0 Å². The minimum Gasteiger partial charge on any atom is -0.481 e. The van der Waals surface area contributed by atoms with Crippen molar-refractivity contribution < 1.29 is 19.8 Å². The lowest BCUT2D eigenvalue weighted by molar-refractivity contribution is -0.171. The number of hydrogen-bond donors (Lipinski definition) is 2. The second-order valence-electron chi connectivity index (χ2n) is 8.85. The van der Waals surface area contributed by atoms with Crippen molar-refractivity contribution in [2.75, 3.05) is 0 Å². The van der Waals surface area contributed by atoms with E-state index in [1.54, 1.807) is 0 Å². The third-order valence-electron chi connectivity index (χ3n) is 7.30. The summed E-state index contributed by atoms with van der Waals surface area (Å²) < 4.78 is 0. The van der Waals surface area contributed by atoms with Crippen molar-refractivity contribution in [1.82, 2.24) is 0 Å². The molecule has 4 nitrogen and oxygen atoms in total. The molecule has 1 saturated carbocycles. The van der Waals surface area contributed by atoms with E-state index < -0.39 is 17.4 Å². The van der Waals surface area contributed by atoms with Gasteiger partial charge in [-0.3, -0.25) is 9.59 Å². The van der Waals surface area contributed by atoms with E-state index in [2.05, 4.69) is 32.9 Å². The minimum atomic E-state index is -1.12. The van der Waals surface area contributed by atoms with Crippen LogP contribution in [-0.2, 0) is 9.59 Å². The first-order valence-corrected chi connectivity index (χ1v) is 9.56. The van der Waals surface area contributed by atoms with E-state index in [0.29, 0.717) is 24.7 Å². The summed E-state index contributed by atoms with van der Waals surface area (Å²) in [5.74, 6) is -1.10. The van der Waals surface area contributed by atoms with Crippen LogP contribution in [0.1, 0.15) is 65.7 Å². The molecule has 3 aliphatic carbocycles. The van der Waals surface area contributed by atoms with Crippen LogP contribution in [0.4, 0.5) is 0 Å². The second kappa shape index (κ2) is 6.30. The molecule has 0 aromatic rings. The molecule has 0 radical (unpaired) electrons. The molecule has 2 N–H and O–H groups in total. The quantitative estimate of drug-likeness (QED) is 0.776. The Hall–Kier alpha value is -1.58. The summed E-state index contributed by atoms with van der Waals surface area (Å²) in [6.45, 7) is 6.67. The molecule has 25 heavy (non-hydrogen) atoms. The maximum atomic E-state index is 12.2. The number of rotatable bonds is 4. The van der Waals surface area contributed by atoms with E-state index >= 15 is 0 Å². The predicted molar refractivity (Wildman–Crippen MR) is 96.1 cm³/mol. The number of hydrogen-bond acceptors (Lipinski definition) is 2. The van der Waals surface area contributed by atoms with Crippen molar-refractivity contribution in [3.8, 4) is 0 Å². The fourth-order valence-corrected chi connectivity index (χ4v) is 5.97. The Morgan fingerprint density at radius 1 is 1.28 bits per heavy atom. The molecule has 0 aliphatic heterocycles. The number of carboxylic acid groups (broad SMARTS) is 2. The molecule has 1 unspecified atom stereocenters. The Labute approximate surface area is 150 Å². The SMILES string of the molecule is CC(C)C1=CC2=CCC3[C@@](CC(=O)O)(C(=O)O)CCC[C@]3(C)[C@@H]2CC1. The van der Waals surface area contributed by atoms with Crippen molar-refractivity contribution in [1.29, 1.82) is 0 Å². The topological polar surface area (TPSA) is 74.6 Å². The van der Waals surface area contributed by atoms with Gasteiger partial charge in [0.1, 0.15) is 0 Å². The maximum Gasteiger partial charge on any atom is 0.310 e. The number of carboxylic acids is 2. The van der Waals surface area contributed by atoms with Gasteiger partial charge in [0.25, 0.3) is 0 Å². The van der Waals surface area contributed by atoms with E-state index in [0.717, 1.165) is 25.7 Å². The summed E-state index contributed by atoms with van der Waals surface area (Å²) in [4.78, 5) is 23.7. The largest absolute Gasteiger partial charge is 0.481 e. The van der Waals surface area contributed by atoms with Gasteiger partial charge in [0, 0.05) is 0 Å². The fraction of sp³-hybridized carbons (Fsp3) is 0.714. The van der Waals surface area contributed by atoms with Gasteiger partial charge in [-0.2, -0.15) is 0 Å². The molecule has 0 amide bonds. The summed E-state index contributed by atoms with van der Waals surface area (Å²) in [6, 6.07) is 0. The molecule has 4 atom stereocenters. The lowest BCUT2D eigenvalue weighted by atomic mass is 9.46. The molecule has 0 bridgehead atoms. The molecular formula is C21H30O4. The third kappa shape index (κ3) is 2.84. The van der Waals surface area contributed by atoms with Gasteiger partial charge < -0.3 is 10.2 Å². The van der Waals surface area contributed by atoms with Crippen molar-refractivity contribution in [2.24, 2.45) is 28.6 Å². The predicted octanol–water partition coefficient (Wildman–Crippen LogP) is 4.66. The molecule has 0 heterocycles. The van der Waals surface area contributed by atoms with Crippen molar-refractivity contribution in [2.45, 2.75) is 65.7 Å². The Morgan fingerprint density at radius 3 is 2.60 bits per heavy atom.